The third-order valence-electron chi connectivity index (χ3n) is 3.40. The summed E-state index contributed by atoms with van der Waals surface area (Å²) in [4.78, 5) is 2.38. The van der Waals surface area contributed by atoms with Crippen molar-refractivity contribution >= 4 is 21.6 Å². The SMILES string of the molecule is CN1CCC(Cc2nnc3ccc(Br)cn23)C1. The highest BCUT2D eigenvalue weighted by Crippen LogP contribution is 2.20. The Morgan fingerprint density at radius 3 is 3.06 bits per heavy atom. The van der Waals surface area contributed by atoms with E-state index in [1.807, 2.05) is 18.3 Å². The third kappa shape index (κ3) is 2.21. The maximum absolute atomic E-state index is 4.30. The Bertz CT molecular complexity index is 536. The Balaban J connectivity index is 1.87. The molecular weight excluding hydrogens is 280 g/mol. The first-order valence-corrected chi connectivity index (χ1v) is 6.69. The fourth-order valence-corrected chi connectivity index (χ4v) is 2.84. The van der Waals surface area contributed by atoms with Crippen molar-refractivity contribution in [3.63, 3.8) is 0 Å². The van der Waals surface area contributed by atoms with Gasteiger partial charge in [0.05, 0.1) is 0 Å². The maximum atomic E-state index is 4.30. The number of halogens is 1. The second-order valence-electron chi connectivity index (χ2n) is 4.81. The summed E-state index contributed by atoms with van der Waals surface area (Å²) >= 11 is 3.49. The topological polar surface area (TPSA) is 33.4 Å². The van der Waals surface area contributed by atoms with Gasteiger partial charge in [-0.15, -0.1) is 10.2 Å². The van der Waals surface area contributed by atoms with Crippen molar-refractivity contribution in [2.24, 2.45) is 5.92 Å². The van der Waals surface area contributed by atoms with Crippen molar-refractivity contribution in [2.45, 2.75) is 12.8 Å². The number of nitrogens with zero attached hydrogens (tertiary/aromatic N) is 4. The van der Waals surface area contributed by atoms with Crippen molar-refractivity contribution in [1.29, 1.82) is 0 Å². The second kappa shape index (κ2) is 4.38. The Morgan fingerprint density at radius 1 is 1.41 bits per heavy atom. The Kier molecular flexibility index (Phi) is 2.88. The van der Waals surface area contributed by atoms with Crippen LogP contribution in [0.15, 0.2) is 22.8 Å². The summed E-state index contributed by atoms with van der Waals surface area (Å²) < 4.78 is 3.15. The molecular formula is C12H15BrN4. The van der Waals surface area contributed by atoms with Gasteiger partial charge in [0.1, 0.15) is 5.82 Å². The van der Waals surface area contributed by atoms with E-state index in [2.05, 4.69) is 42.5 Å². The van der Waals surface area contributed by atoms with Gasteiger partial charge in [0.25, 0.3) is 0 Å². The van der Waals surface area contributed by atoms with Crippen molar-refractivity contribution in [3.05, 3.63) is 28.6 Å². The molecule has 2 aromatic heterocycles. The van der Waals surface area contributed by atoms with Gasteiger partial charge in [-0.25, -0.2) is 0 Å². The molecule has 1 unspecified atom stereocenters. The molecule has 0 N–H and O–H groups in total. The smallest absolute Gasteiger partial charge is 0.160 e. The molecule has 1 aliphatic rings. The van der Waals surface area contributed by atoms with E-state index in [9.17, 15) is 0 Å². The van der Waals surface area contributed by atoms with Crippen LogP contribution in [0.1, 0.15) is 12.2 Å². The van der Waals surface area contributed by atoms with Gasteiger partial charge >= 0.3 is 0 Å². The van der Waals surface area contributed by atoms with Crippen LogP contribution in [0.25, 0.3) is 5.65 Å². The van der Waals surface area contributed by atoms with Crippen molar-refractivity contribution in [2.75, 3.05) is 20.1 Å². The predicted molar refractivity (Wildman–Crippen MR) is 70.0 cm³/mol. The minimum Gasteiger partial charge on any atom is -0.306 e. The zero-order valence-corrected chi connectivity index (χ0v) is 11.4. The molecule has 2 aromatic rings. The average Bonchev–Trinajstić information content (AvgIpc) is 2.87. The van der Waals surface area contributed by atoms with E-state index in [-0.39, 0.29) is 0 Å². The van der Waals surface area contributed by atoms with Gasteiger partial charge in [0.15, 0.2) is 5.65 Å². The summed E-state index contributed by atoms with van der Waals surface area (Å²) in [5, 5.41) is 8.50. The number of fused-ring (bicyclic) bond motifs is 1. The zero-order chi connectivity index (χ0) is 11.8. The number of rotatable bonds is 2. The van der Waals surface area contributed by atoms with Crippen molar-refractivity contribution in [1.82, 2.24) is 19.5 Å². The fourth-order valence-electron chi connectivity index (χ4n) is 2.50. The molecule has 0 aromatic carbocycles. The lowest BCUT2D eigenvalue weighted by molar-refractivity contribution is 0.392. The molecule has 4 nitrogen and oxygen atoms in total. The van der Waals surface area contributed by atoms with Crippen LogP contribution in [0.2, 0.25) is 0 Å². The number of pyridine rings is 1. The van der Waals surface area contributed by atoms with Gasteiger partial charge in [-0.05, 0) is 54.0 Å². The van der Waals surface area contributed by atoms with E-state index in [0.717, 1.165) is 22.4 Å². The van der Waals surface area contributed by atoms with E-state index in [1.165, 1.54) is 19.5 Å². The lowest BCUT2D eigenvalue weighted by Gasteiger charge is -2.09. The number of hydrogen-bond acceptors (Lipinski definition) is 3. The molecule has 1 fully saturated rings. The highest BCUT2D eigenvalue weighted by Gasteiger charge is 2.21. The summed E-state index contributed by atoms with van der Waals surface area (Å²) in [5.41, 5.74) is 0.926. The van der Waals surface area contributed by atoms with E-state index < -0.39 is 0 Å². The molecule has 0 amide bonds. The van der Waals surface area contributed by atoms with E-state index in [4.69, 9.17) is 0 Å². The van der Waals surface area contributed by atoms with Crippen LogP contribution in [-0.2, 0) is 6.42 Å². The van der Waals surface area contributed by atoms with Gasteiger partial charge < -0.3 is 4.90 Å². The molecule has 0 saturated carbocycles. The quantitative estimate of drug-likeness (QED) is 0.849. The standard InChI is InChI=1S/C12H15BrN4/c1-16-5-4-9(7-16)6-12-15-14-11-3-2-10(13)8-17(11)12/h2-3,8-9H,4-7H2,1H3. The van der Waals surface area contributed by atoms with Gasteiger partial charge in [0.2, 0.25) is 0 Å². The van der Waals surface area contributed by atoms with Gasteiger partial charge in [-0.2, -0.15) is 0 Å². The Labute approximate surface area is 109 Å². The number of likely N-dealkylation sites (tertiary alicyclic amines) is 1. The van der Waals surface area contributed by atoms with Gasteiger partial charge in [-0.1, -0.05) is 0 Å². The molecule has 1 saturated heterocycles. The molecule has 17 heavy (non-hydrogen) atoms. The largest absolute Gasteiger partial charge is 0.306 e. The average molecular weight is 295 g/mol. The summed E-state index contributed by atoms with van der Waals surface area (Å²) in [5.74, 6) is 1.79. The van der Waals surface area contributed by atoms with Crippen molar-refractivity contribution in [3.8, 4) is 0 Å². The first-order valence-electron chi connectivity index (χ1n) is 5.90. The van der Waals surface area contributed by atoms with E-state index in [1.54, 1.807) is 0 Å². The maximum Gasteiger partial charge on any atom is 0.160 e. The summed E-state index contributed by atoms with van der Waals surface area (Å²) in [6.45, 7) is 2.37. The third-order valence-corrected chi connectivity index (χ3v) is 3.87. The van der Waals surface area contributed by atoms with Crippen molar-refractivity contribution < 1.29 is 0 Å². The van der Waals surface area contributed by atoms with Crippen LogP contribution < -0.4 is 0 Å². The molecule has 0 spiro atoms. The Morgan fingerprint density at radius 2 is 2.29 bits per heavy atom. The first-order chi connectivity index (χ1) is 8.22. The van der Waals surface area contributed by atoms with Crippen LogP contribution >= 0.6 is 15.9 Å². The molecule has 1 atom stereocenters. The highest BCUT2D eigenvalue weighted by atomic mass is 79.9. The normalized spacial score (nSPS) is 21.4. The molecule has 3 heterocycles. The molecule has 90 valence electrons. The molecule has 0 bridgehead atoms. The molecule has 0 radical (unpaired) electrons. The van der Waals surface area contributed by atoms with Crippen LogP contribution in [0.5, 0.6) is 0 Å². The fraction of sp³-hybridized carbons (Fsp3) is 0.500. The number of aromatic nitrogens is 3. The van der Waals surface area contributed by atoms with E-state index in [0.29, 0.717) is 5.92 Å². The van der Waals surface area contributed by atoms with E-state index >= 15 is 0 Å². The second-order valence-corrected chi connectivity index (χ2v) is 5.73. The first kappa shape index (κ1) is 11.2. The van der Waals surface area contributed by atoms with Crippen LogP contribution in [0, 0.1) is 5.92 Å². The van der Waals surface area contributed by atoms with Gasteiger partial charge in [-0.3, -0.25) is 4.40 Å². The summed E-state index contributed by atoms with van der Waals surface area (Å²) in [7, 11) is 2.18. The summed E-state index contributed by atoms with van der Waals surface area (Å²) in [6, 6.07) is 3.98. The van der Waals surface area contributed by atoms with Gasteiger partial charge in [0, 0.05) is 23.6 Å². The Hall–Kier alpha value is -0.940. The monoisotopic (exact) mass is 294 g/mol. The molecule has 1 aliphatic heterocycles. The minimum absolute atomic E-state index is 0.714. The minimum atomic E-state index is 0.714. The molecule has 3 rings (SSSR count). The molecule has 0 aliphatic carbocycles. The lowest BCUT2D eigenvalue weighted by atomic mass is 10.0. The lowest BCUT2D eigenvalue weighted by Crippen LogP contribution is -2.15. The van der Waals surface area contributed by atoms with Crippen LogP contribution in [0.4, 0.5) is 0 Å². The number of hydrogen-bond donors (Lipinski definition) is 0. The predicted octanol–water partition coefficient (Wildman–Crippen LogP) is 1.99. The zero-order valence-electron chi connectivity index (χ0n) is 9.80. The van der Waals surface area contributed by atoms with Crippen LogP contribution in [-0.4, -0.2) is 39.6 Å². The summed E-state index contributed by atoms with van der Waals surface area (Å²) in [6.07, 6.45) is 4.32. The van der Waals surface area contributed by atoms with Crippen LogP contribution in [0.3, 0.4) is 0 Å². The molecule has 5 heteroatoms. The highest BCUT2D eigenvalue weighted by molar-refractivity contribution is 9.10.